The molecule has 0 aliphatic heterocycles. The number of pyridine rings is 1. The lowest BCUT2D eigenvalue weighted by Gasteiger charge is -2.13. The van der Waals surface area contributed by atoms with Crippen LogP contribution in [0.3, 0.4) is 0 Å². The van der Waals surface area contributed by atoms with Gasteiger partial charge in [0.05, 0.1) is 16.0 Å². The lowest BCUT2D eigenvalue weighted by atomic mass is 10.1. The molecule has 3 N–H and O–H groups in total. The quantitative estimate of drug-likeness (QED) is 0.754. The highest BCUT2D eigenvalue weighted by molar-refractivity contribution is 7.89. The van der Waals surface area contributed by atoms with E-state index < -0.39 is 10.0 Å². The predicted molar refractivity (Wildman–Crippen MR) is 97.0 cm³/mol. The number of nitrogens with one attached hydrogen (secondary N) is 1. The van der Waals surface area contributed by atoms with E-state index in [1.54, 1.807) is 38.2 Å². The number of sulfonamides is 1. The number of amides is 1. The van der Waals surface area contributed by atoms with Crippen LogP contribution in [0.15, 0.2) is 53.6 Å². The number of anilines is 1. The second-order valence-electron chi connectivity index (χ2n) is 5.79. The number of fused-ring (bicyclic) bond motifs is 1. The monoisotopic (exact) mass is 355 g/mol. The molecule has 3 aromatic rings. The number of carbonyl (C=O) groups is 1. The summed E-state index contributed by atoms with van der Waals surface area (Å²) in [6, 6.07) is 11.8. The summed E-state index contributed by atoms with van der Waals surface area (Å²) in [5.74, 6) is -0.363. The first-order valence-electron chi connectivity index (χ1n) is 7.56. The third-order valence-electron chi connectivity index (χ3n) is 4.09. The van der Waals surface area contributed by atoms with Crippen LogP contribution in [0.5, 0.6) is 0 Å². The fourth-order valence-corrected chi connectivity index (χ4v) is 3.22. The van der Waals surface area contributed by atoms with Crippen molar-refractivity contribution in [2.24, 2.45) is 5.14 Å². The molecule has 7 heteroatoms. The molecule has 0 radical (unpaired) electrons. The highest BCUT2D eigenvalue weighted by atomic mass is 32.2. The van der Waals surface area contributed by atoms with Crippen molar-refractivity contribution in [1.82, 2.24) is 4.98 Å². The minimum atomic E-state index is -3.86. The molecule has 3 rings (SSSR count). The Morgan fingerprint density at radius 2 is 1.84 bits per heavy atom. The number of nitrogens with two attached hydrogens (primary N) is 1. The van der Waals surface area contributed by atoms with Gasteiger partial charge in [0.25, 0.3) is 5.91 Å². The standard InChI is InChI=1S/C18H17N3O3S/c1-11-9-14(25(19,23)24)10-16(12(11)2)21-18(22)15-7-3-5-13-6-4-8-20-17(13)15/h3-10H,1-2H3,(H,21,22)(H2,19,23,24). The molecule has 0 saturated carbocycles. The van der Waals surface area contributed by atoms with Gasteiger partial charge in [-0.15, -0.1) is 0 Å². The Morgan fingerprint density at radius 3 is 2.56 bits per heavy atom. The lowest BCUT2D eigenvalue weighted by molar-refractivity contribution is 0.102. The lowest BCUT2D eigenvalue weighted by Crippen LogP contribution is -2.16. The summed E-state index contributed by atoms with van der Waals surface area (Å²) in [5, 5.41) is 8.83. The molecule has 0 spiro atoms. The third-order valence-corrected chi connectivity index (χ3v) is 4.99. The molecule has 0 unspecified atom stereocenters. The molecule has 128 valence electrons. The molecular formula is C18H17N3O3S. The second-order valence-corrected chi connectivity index (χ2v) is 7.35. The highest BCUT2D eigenvalue weighted by Gasteiger charge is 2.16. The van der Waals surface area contributed by atoms with Crippen LogP contribution in [0.25, 0.3) is 10.9 Å². The molecule has 1 aromatic heterocycles. The van der Waals surface area contributed by atoms with E-state index in [1.165, 1.54) is 12.1 Å². The number of aromatic nitrogens is 1. The number of aryl methyl sites for hydroxylation is 1. The fraction of sp³-hybridized carbons (Fsp3) is 0.111. The van der Waals surface area contributed by atoms with Gasteiger partial charge in [0.2, 0.25) is 10.0 Å². The third kappa shape index (κ3) is 3.38. The first kappa shape index (κ1) is 17.1. The second kappa shape index (κ2) is 6.27. The number of carbonyl (C=O) groups excluding carboxylic acids is 1. The molecule has 2 aromatic carbocycles. The smallest absolute Gasteiger partial charge is 0.257 e. The Balaban J connectivity index is 2.05. The summed E-state index contributed by atoms with van der Waals surface area (Å²) in [6.45, 7) is 3.57. The van der Waals surface area contributed by atoms with Crippen LogP contribution in [-0.2, 0) is 10.0 Å². The van der Waals surface area contributed by atoms with E-state index in [1.807, 2.05) is 12.1 Å². The maximum absolute atomic E-state index is 12.7. The number of hydrogen-bond acceptors (Lipinski definition) is 4. The van der Waals surface area contributed by atoms with Gasteiger partial charge in [-0.25, -0.2) is 13.6 Å². The minimum absolute atomic E-state index is 0.0399. The molecule has 25 heavy (non-hydrogen) atoms. The molecule has 1 amide bonds. The van der Waals surface area contributed by atoms with Crippen molar-refractivity contribution in [3.63, 3.8) is 0 Å². The maximum atomic E-state index is 12.7. The van der Waals surface area contributed by atoms with Gasteiger partial charge in [-0.2, -0.15) is 0 Å². The van der Waals surface area contributed by atoms with E-state index in [-0.39, 0.29) is 10.8 Å². The Hall–Kier alpha value is -2.77. The summed E-state index contributed by atoms with van der Waals surface area (Å²) in [4.78, 5) is 16.9. The largest absolute Gasteiger partial charge is 0.322 e. The van der Waals surface area contributed by atoms with E-state index in [4.69, 9.17) is 5.14 Å². The SMILES string of the molecule is Cc1cc(S(N)(=O)=O)cc(NC(=O)c2cccc3cccnc23)c1C. The Kier molecular flexibility index (Phi) is 4.28. The summed E-state index contributed by atoms with van der Waals surface area (Å²) in [5.41, 5.74) is 2.89. The van der Waals surface area contributed by atoms with Crippen LogP contribution in [0, 0.1) is 13.8 Å². The Labute approximate surface area is 145 Å². The van der Waals surface area contributed by atoms with Crippen molar-refractivity contribution < 1.29 is 13.2 Å². The first-order valence-corrected chi connectivity index (χ1v) is 9.11. The summed E-state index contributed by atoms with van der Waals surface area (Å²) >= 11 is 0. The molecule has 0 fully saturated rings. The van der Waals surface area contributed by atoms with Crippen LogP contribution in [-0.4, -0.2) is 19.3 Å². The van der Waals surface area contributed by atoms with Crippen molar-refractivity contribution in [3.05, 3.63) is 65.4 Å². The topological polar surface area (TPSA) is 102 Å². The van der Waals surface area contributed by atoms with Crippen molar-refractivity contribution in [1.29, 1.82) is 0 Å². The van der Waals surface area contributed by atoms with E-state index in [0.717, 1.165) is 16.5 Å². The number of rotatable bonds is 3. The molecule has 0 aliphatic rings. The fourth-order valence-electron chi connectivity index (χ4n) is 2.60. The maximum Gasteiger partial charge on any atom is 0.257 e. The highest BCUT2D eigenvalue weighted by Crippen LogP contribution is 2.25. The molecule has 0 aliphatic carbocycles. The Morgan fingerprint density at radius 1 is 1.12 bits per heavy atom. The molecule has 6 nitrogen and oxygen atoms in total. The van der Waals surface area contributed by atoms with Gasteiger partial charge >= 0.3 is 0 Å². The van der Waals surface area contributed by atoms with Gasteiger partial charge in [-0.1, -0.05) is 18.2 Å². The predicted octanol–water partition coefficient (Wildman–Crippen LogP) is 2.75. The molecule has 0 saturated heterocycles. The molecule has 0 atom stereocenters. The van der Waals surface area contributed by atoms with Crippen LogP contribution >= 0.6 is 0 Å². The zero-order valence-electron chi connectivity index (χ0n) is 13.8. The number of benzene rings is 2. The van der Waals surface area contributed by atoms with Crippen molar-refractivity contribution in [2.75, 3.05) is 5.32 Å². The minimum Gasteiger partial charge on any atom is -0.322 e. The number of para-hydroxylation sites is 1. The van der Waals surface area contributed by atoms with Crippen LogP contribution in [0.1, 0.15) is 21.5 Å². The van der Waals surface area contributed by atoms with E-state index in [2.05, 4.69) is 10.3 Å². The van der Waals surface area contributed by atoms with Gasteiger partial charge in [0.1, 0.15) is 0 Å². The van der Waals surface area contributed by atoms with E-state index >= 15 is 0 Å². The van der Waals surface area contributed by atoms with Crippen molar-refractivity contribution in [2.45, 2.75) is 18.7 Å². The molecular weight excluding hydrogens is 338 g/mol. The number of primary sulfonamides is 1. The molecule has 1 heterocycles. The van der Waals surface area contributed by atoms with E-state index in [9.17, 15) is 13.2 Å². The molecule has 0 bridgehead atoms. The van der Waals surface area contributed by atoms with Crippen molar-refractivity contribution >= 4 is 32.5 Å². The zero-order valence-corrected chi connectivity index (χ0v) is 14.6. The number of nitrogens with zero attached hydrogens (tertiary/aromatic N) is 1. The summed E-state index contributed by atoms with van der Waals surface area (Å²) in [6.07, 6.45) is 1.62. The number of hydrogen-bond donors (Lipinski definition) is 2. The van der Waals surface area contributed by atoms with E-state index in [0.29, 0.717) is 16.8 Å². The van der Waals surface area contributed by atoms with Crippen LogP contribution < -0.4 is 10.5 Å². The Bertz CT molecular complexity index is 1090. The van der Waals surface area contributed by atoms with Gasteiger partial charge in [-0.05, 0) is 49.2 Å². The van der Waals surface area contributed by atoms with Gasteiger partial charge in [0.15, 0.2) is 0 Å². The van der Waals surface area contributed by atoms with Crippen LogP contribution in [0.2, 0.25) is 0 Å². The average Bonchev–Trinajstić information content (AvgIpc) is 2.57. The van der Waals surface area contributed by atoms with Gasteiger partial charge < -0.3 is 5.32 Å². The van der Waals surface area contributed by atoms with Crippen LogP contribution in [0.4, 0.5) is 5.69 Å². The van der Waals surface area contributed by atoms with Gasteiger partial charge in [-0.3, -0.25) is 9.78 Å². The van der Waals surface area contributed by atoms with Crippen molar-refractivity contribution in [3.8, 4) is 0 Å². The normalized spacial score (nSPS) is 11.5. The average molecular weight is 355 g/mol. The summed E-state index contributed by atoms with van der Waals surface area (Å²) in [7, 11) is -3.86. The first-order chi connectivity index (χ1) is 11.8. The summed E-state index contributed by atoms with van der Waals surface area (Å²) < 4.78 is 23.3. The van der Waals surface area contributed by atoms with Gasteiger partial charge in [0, 0.05) is 17.3 Å². The zero-order chi connectivity index (χ0) is 18.2.